The van der Waals surface area contributed by atoms with Gasteiger partial charge in [0.05, 0.1) is 0 Å². The molecule has 0 nitrogen and oxygen atoms in total. The zero-order valence-corrected chi connectivity index (χ0v) is 27.2. The summed E-state index contributed by atoms with van der Waals surface area (Å²) in [5, 5.41) is 5.24. The van der Waals surface area contributed by atoms with E-state index in [1.165, 1.54) is 21.5 Å². The van der Waals surface area contributed by atoms with Gasteiger partial charge in [0.25, 0.3) is 0 Å². The van der Waals surface area contributed by atoms with Crippen LogP contribution in [-0.4, -0.2) is 0 Å². The molecule has 0 saturated heterocycles. The van der Waals surface area contributed by atoms with Crippen molar-refractivity contribution in [3.8, 4) is 0 Å². The fraction of sp³-hybridized carbons (Fsp3) is 0.444. The summed E-state index contributed by atoms with van der Waals surface area (Å²) in [5.41, 5.74) is 0. The molecule has 0 saturated carbocycles. The van der Waals surface area contributed by atoms with Crippen LogP contribution >= 0.6 is 0 Å². The summed E-state index contributed by atoms with van der Waals surface area (Å²) < 4.78 is 0. The van der Waals surface area contributed by atoms with Crippen LogP contribution in [0.1, 0.15) is 111 Å². The Labute approximate surface area is 229 Å². The second-order valence-corrected chi connectivity index (χ2v) is 4.69. The number of rotatable bonds is 0. The van der Waals surface area contributed by atoms with Crippen molar-refractivity contribution < 1.29 is 0 Å². The Hall–Kier alpha value is -2.60. The summed E-state index contributed by atoms with van der Waals surface area (Å²) in [6.07, 6.45) is 0. The van der Waals surface area contributed by atoms with E-state index in [-0.39, 0.29) is 0 Å². The van der Waals surface area contributed by atoms with Gasteiger partial charge >= 0.3 is 0 Å². The molecule has 0 fully saturated rings. The Morgan fingerprint density at radius 2 is 0.278 bits per heavy atom. The minimum atomic E-state index is 1.31. The minimum absolute atomic E-state index is 1.31. The summed E-state index contributed by atoms with van der Waals surface area (Å²) in [6, 6.07) is 33.4. The summed E-state index contributed by atoms with van der Waals surface area (Å²) in [4.78, 5) is 0. The van der Waals surface area contributed by atoms with Gasteiger partial charge in [-0.05, 0) is 21.5 Å². The molecule has 0 unspecified atom stereocenters. The fourth-order valence-electron chi connectivity index (χ4n) is 2.27. The predicted molar refractivity (Wildman–Crippen MR) is 179 cm³/mol. The molecule has 0 radical (unpaired) electrons. The van der Waals surface area contributed by atoms with Gasteiger partial charge in [0, 0.05) is 0 Å². The largest absolute Gasteiger partial charge is 0.0683 e. The molecule has 4 aromatic carbocycles. The summed E-state index contributed by atoms with van der Waals surface area (Å²) in [6.45, 7) is 32.0. The zero-order valence-electron chi connectivity index (χ0n) is 27.2. The van der Waals surface area contributed by atoms with Crippen molar-refractivity contribution >= 4 is 21.5 Å². The molecule has 0 spiro atoms. The Morgan fingerprint density at radius 1 is 0.194 bits per heavy atom. The van der Waals surface area contributed by atoms with Crippen LogP contribution in [0.15, 0.2) is 97.1 Å². The predicted octanol–water partition coefficient (Wildman–Crippen LogP) is 13.9. The molecule has 4 aromatic rings. The molecule has 36 heavy (non-hydrogen) atoms. The summed E-state index contributed by atoms with van der Waals surface area (Å²) in [7, 11) is 0. The fourth-order valence-corrected chi connectivity index (χ4v) is 2.27. The highest BCUT2D eigenvalue weighted by Crippen LogP contribution is 2.12. The van der Waals surface area contributed by atoms with Gasteiger partial charge in [-0.3, -0.25) is 0 Å². The highest BCUT2D eigenvalue weighted by molar-refractivity contribution is 5.82. The Bertz CT molecular complexity index is 613. The van der Waals surface area contributed by atoms with Gasteiger partial charge < -0.3 is 0 Å². The number of benzene rings is 4. The third kappa shape index (κ3) is 26.0. The molecule has 208 valence electrons. The van der Waals surface area contributed by atoms with Crippen molar-refractivity contribution in [3.05, 3.63) is 97.1 Å². The highest BCUT2D eigenvalue weighted by atomic mass is 13.9. The van der Waals surface area contributed by atoms with E-state index in [1.54, 1.807) is 0 Å². The smallest absolute Gasteiger partial charge is 0.0184 e. The van der Waals surface area contributed by atoms with Gasteiger partial charge in [0.15, 0.2) is 0 Å². The van der Waals surface area contributed by atoms with Crippen LogP contribution in [-0.2, 0) is 0 Å². The van der Waals surface area contributed by atoms with Crippen molar-refractivity contribution in [1.29, 1.82) is 0 Å². The van der Waals surface area contributed by atoms with Gasteiger partial charge in [-0.1, -0.05) is 208 Å². The molecule has 0 aromatic heterocycles. The molecule has 0 heteroatoms. The van der Waals surface area contributed by atoms with Crippen molar-refractivity contribution in [3.63, 3.8) is 0 Å². The summed E-state index contributed by atoms with van der Waals surface area (Å²) >= 11 is 0. The lowest BCUT2D eigenvalue weighted by atomic mass is 10.1. The third-order valence-electron chi connectivity index (χ3n) is 3.32. The topological polar surface area (TPSA) is 0 Å². The summed E-state index contributed by atoms with van der Waals surface area (Å²) in [5.74, 6) is 0. The van der Waals surface area contributed by atoms with E-state index >= 15 is 0 Å². The van der Waals surface area contributed by atoms with Crippen LogP contribution in [0.2, 0.25) is 0 Å². The first kappa shape index (κ1) is 46.7. The Balaban J connectivity index is -0.0000000811. The molecule has 0 aliphatic carbocycles. The average molecular weight is 497 g/mol. The monoisotopic (exact) mass is 497 g/mol. The van der Waals surface area contributed by atoms with E-state index in [4.69, 9.17) is 0 Å². The highest BCUT2D eigenvalue weighted by Gasteiger charge is 1.86. The molecule has 0 aliphatic heterocycles. The lowest BCUT2D eigenvalue weighted by Gasteiger charge is -1.92. The second kappa shape index (κ2) is 49.5. The van der Waals surface area contributed by atoms with Gasteiger partial charge in [-0.15, -0.1) is 0 Å². The van der Waals surface area contributed by atoms with Crippen molar-refractivity contribution in [2.45, 2.75) is 111 Å². The number of fused-ring (bicyclic) bond motifs is 2. The zero-order chi connectivity index (χ0) is 29.6. The number of hydrogen-bond acceptors (Lipinski definition) is 0. The Morgan fingerprint density at radius 3 is 0.361 bits per heavy atom. The normalized spacial score (nSPS) is 6.89. The van der Waals surface area contributed by atoms with E-state index < -0.39 is 0 Å². The minimum Gasteiger partial charge on any atom is -0.0683 e. The van der Waals surface area contributed by atoms with Crippen LogP contribution in [0, 0.1) is 0 Å². The van der Waals surface area contributed by atoms with Crippen molar-refractivity contribution in [1.82, 2.24) is 0 Å². The number of hydrogen-bond donors (Lipinski definition) is 0. The van der Waals surface area contributed by atoms with E-state index in [0.29, 0.717) is 0 Å². The lowest BCUT2D eigenvalue weighted by molar-refractivity contribution is 1.50. The van der Waals surface area contributed by atoms with Gasteiger partial charge in [0.2, 0.25) is 0 Å². The lowest BCUT2D eigenvalue weighted by Crippen LogP contribution is -1.67. The molecule has 4 rings (SSSR count). The van der Waals surface area contributed by atoms with E-state index in [2.05, 4.69) is 97.1 Å². The molecule has 0 bridgehead atoms. The molecule has 0 N–H and O–H groups in total. The first-order valence-corrected chi connectivity index (χ1v) is 14.8. The van der Waals surface area contributed by atoms with Crippen molar-refractivity contribution in [2.24, 2.45) is 0 Å². The van der Waals surface area contributed by atoms with Crippen LogP contribution in [0.4, 0.5) is 0 Å². The van der Waals surface area contributed by atoms with Crippen LogP contribution in [0.3, 0.4) is 0 Å². The molecule has 0 aliphatic rings. The maximum Gasteiger partial charge on any atom is -0.0184 e. The van der Waals surface area contributed by atoms with Crippen LogP contribution < -0.4 is 0 Å². The quantitative estimate of drug-likeness (QED) is 0.227. The van der Waals surface area contributed by atoms with Gasteiger partial charge in [0.1, 0.15) is 0 Å². The van der Waals surface area contributed by atoms with E-state index in [1.807, 2.05) is 111 Å². The maximum atomic E-state index is 2.12. The Kier molecular flexibility index (Phi) is 64.2. The average Bonchev–Trinajstić information content (AvgIpc) is 3.05. The molecule has 0 heterocycles. The molecular formula is C36H64. The maximum absolute atomic E-state index is 2.12. The molecule has 0 amide bonds. The third-order valence-corrected chi connectivity index (χ3v) is 3.32. The van der Waals surface area contributed by atoms with Gasteiger partial charge in [-0.2, -0.15) is 0 Å². The van der Waals surface area contributed by atoms with Crippen molar-refractivity contribution in [2.75, 3.05) is 0 Å². The van der Waals surface area contributed by atoms with Crippen LogP contribution in [0.25, 0.3) is 21.5 Å². The first-order valence-electron chi connectivity index (χ1n) is 14.8. The first-order chi connectivity index (χ1) is 17.9. The van der Waals surface area contributed by atoms with Gasteiger partial charge in [-0.25, -0.2) is 0 Å². The molecule has 0 atom stereocenters. The van der Waals surface area contributed by atoms with E-state index in [9.17, 15) is 0 Å². The molecular weight excluding hydrogens is 432 g/mol. The second-order valence-electron chi connectivity index (χ2n) is 4.69. The van der Waals surface area contributed by atoms with E-state index in [0.717, 1.165) is 0 Å². The standard InChI is InChI=1S/2C10H8.8C2H6/c2*1-2-6-10-8-4-3-7-9(10)5-1;8*1-2/h2*1-8H;8*1-2H3. The SMILES string of the molecule is CC.CC.CC.CC.CC.CC.CC.CC.c1ccc2ccccc2c1.c1ccc2ccccc2c1. The van der Waals surface area contributed by atoms with Crippen LogP contribution in [0.5, 0.6) is 0 Å².